The van der Waals surface area contributed by atoms with E-state index in [2.05, 4.69) is 0 Å². The van der Waals surface area contributed by atoms with Crippen molar-refractivity contribution in [3.05, 3.63) is 57.1 Å². The maximum absolute atomic E-state index is 14.2. The van der Waals surface area contributed by atoms with Crippen LogP contribution in [0.25, 0.3) is 0 Å². The Morgan fingerprint density at radius 1 is 0.975 bits per heavy atom. The van der Waals surface area contributed by atoms with Crippen molar-refractivity contribution in [2.45, 2.75) is 69.5 Å². The molecule has 0 aliphatic carbocycles. The summed E-state index contributed by atoms with van der Waals surface area (Å²) in [5, 5.41) is 0.482. The molecule has 0 saturated carbocycles. The highest BCUT2D eigenvalue weighted by Crippen LogP contribution is 2.45. The zero-order valence-electron chi connectivity index (χ0n) is 21.0. The fourth-order valence-electron chi connectivity index (χ4n) is 5.40. The van der Waals surface area contributed by atoms with E-state index in [4.69, 9.17) is 32.7 Å². The second kappa shape index (κ2) is 9.78. The first-order chi connectivity index (χ1) is 18.5. The van der Waals surface area contributed by atoms with Gasteiger partial charge in [0, 0.05) is 17.9 Å². The molecule has 2 aromatic rings. The highest BCUT2D eigenvalue weighted by Gasteiger charge is 2.61. The number of hydrogen-bond acceptors (Lipinski definition) is 4. The Kier molecular flexibility index (Phi) is 7.08. The van der Waals surface area contributed by atoms with Gasteiger partial charge in [0.1, 0.15) is 12.1 Å². The minimum Gasteiger partial charge on any atom is -0.341 e. The molecule has 0 N–H and O–H groups in total. The topological polar surface area (TPSA) is 59.1 Å². The van der Waals surface area contributed by atoms with Gasteiger partial charge in [-0.25, -0.2) is 0 Å². The molecule has 2 aromatic carbocycles. The number of hydrogen-bond donors (Lipinski definition) is 0. The van der Waals surface area contributed by atoms with Crippen molar-refractivity contribution < 1.29 is 45.4 Å². The van der Waals surface area contributed by atoms with Gasteiger partial charge in [0.2, 0.25) is 0 Å². The number of anilines is 2. The number of amides is 2. The van der Waals surface area contributed by atoms with Gasteiger partial charge in [-0.05, 0) is 69.0 Å². The van der Waals surface area contributed by atoms with Crippen LogP contribution in [0.3, 0.4) is 0 Å². The maximum Gasteiger partial charge on any atom is 0.416 e. The van der Waals surface area contributed by atoms with Crippen LogP contribution in [0.5, 0.6) is 0 Å². The number of carbonyl (C=O) groups excluding carboxylic acids is 2. The van der Waals surface area contributed by atoms with E-state index in [-0.39, 0.29) is 22.7 Å². The minimum atomic E-state index is -5.16. The number of benzene rings is 2. The van der Waals surface area contributed by atoms with Gasteiger partial charge in [-0.3, -0.25) is 14.5 Å². The Bertz CT molecular complexity index is 1350. The smallest absolute Gasteiger partial charge is 0.341 e. The lowest BCUT2D eigenvalue weighted by Crippen LogP contribution is -2.52. The molecule has 3 atom stereocenters. The Hall–Kier alpha value is -2.54. The molecule has 40 heavy (non-hydrogen) atoms. The molecule has 0 radical (unpaired) electrons. The molecule has 2 saturated heterocycles. The van der Waals surface area contributed by atoms with E-state index in [1.54, 1.807) is 6.07 Å². The van der Waals surface area contributed by atoms with Gasteiger partial charge in [-0.2, -0.15) is 26.3 Å². The third-order valence-corrected chi connectivity index (χ3v) is 7.93. The van der Waals surface area contributed by atoms with Gasteiger partial charge >= 0.3 is 12.4 Å². The van der Waals surface area contributed by atoms with Crippen LogP contribution < -0.4 is 9.80 Å². The fraction of sp³-hybridized carbons (Fsp3) is 0.462. The summed E-state index contributed by atoms with van der Waals surface area (Å²) in [4.78, 5) is 29.7. The Balaban J connectivity index is 1.66. The molecule has 6 nitrogen and oxygen atoms in total. The van der Waals surface area contributed by atoms with E-state index in [1.165, 1.54) is 24.8 Å². The SMILES string of the molecule is CC1(C)O[C@@H]2[C@H](O1)C(=O)N(c1cc(C(F)(F)F)cc(C(F)(F)F)c1)[C@@H]2C(=O)N1CCCCc2c1ccc(Cl)c2Cl. The molecule has 3 aliphatic rings. The van der Waals surface area contributed by atoms with Crippen LogP contribution in [0.1, 0.15) is 43.4 Å². The minimum absolute atomic E-state index is 0.0470. The predicted octanol–water partition coefficient (Wildman–Crippen LogP) is 6.64. The van der Waals surface area contributed by atoms with Crippen LogP contribution in [0.4, 0.5) is 37.7 Å². The van der Waals surface area contributed by atoms with Crippen LogP contribution >= 0.6 is 23.2 Å². The summed E-state index contributed by atoms with van der Waals surface area (Å²) in [7, 11) is 0. The Morgan fingerprint density at radius 3 is 2.20 bits per heavy atom. The second-order valence-corrected chi connectivity index (χ2v) is 11.0. The Labute approximate surface area is 234 Å². The molecule has 0 spiro atoms. The summed E-state index contributed by atoms with van der Waals surface area (Å²) in [5.74, 6) is -3.10. The molecule has 0 aromatic heterocycles. The van der Waals surface area contributed by atoms with E-state index in [0.29, 0.717) is 47.5 Å². The molecule has 2 amide bonds. The van der Waals surface area contributed by atoms with Gasteiger partial charge in [0.05, 0.1) is 21.2 Å². The summed E-state index contributed by atoms with van der Waals surface area (Å²) < 4.78 is 93.5. The average molecular weight is 611 g/mol. The second-order valence-electron chi connectivity index (χ2n) is 10.2. The summed E-state index contributed by atoms with van der Waals surface area (Å²) in [6, 6.07) is 2.18. The average Bonchev–Trinajstić information content (AvgIpc) is 3.18. The van der Waals surface area contributed by atoms with Crippen molar-refractivity contribution in [2.75, 3.05) is 16.3 Å². The highest BCUT2D eigenvalue weighted by molar-refractivity contribution is 6.42. The van der Waals surface area contributed by atoms with Crippen LogP contribution in [0, 0.1) is 0 Å². The predicted molar refractivity (Wildman–Crippen MR) is 133 cm³/mol. The number of fused-ring (bicyclic) bond motifs is 2. The van der Waals surface area contributed by atoms with E-state index >= 15 is 0 Å². The van der Waals surface area contributed by atoms with Crippen LogP contribution in [0.15, 0.2) is 30.3 Å². The lowest BCUT2D eigenvalue weighted by atomic mass is 10.0. The molecule has 2 fully saturated rings. The largest absolute Gasteiger partial charge is 0.416 e. The summed E-state index contributed by atoms with van der Waals surface area (Å²) in [6.07, 6.45) is -11.5. The summed E-state index contributed by atoms with van der Waals surface area (Å²) >= 11 is 12.6. The molecule has 3 heterocycles. The van der Waals surface area contributed by atoms with Crippen molar-refractivity contribution >= 4 is 46.4 Å². The number of rotatable bonds is 2. The number of ether oxygens (including phenoxy) is 2. The number of alkyl halides is 6. The third-order valence-electron chi connectivity index (χ3n) is 7.09. The van der Waals surface area contributed by atoms with Crippen LogP contribution in [-0.2, 0) is 37.8 Å². The van der Waals surface area contributed by atoms with Gasteiger partial charge in [0.25, 0.3) is 11.8 Å². The van der Waals surface area contributed by atoms with E-state index in [1.807, 2.05) is 0 Å². The van der Waals surface area contributed by atoms with Crippen molar-refractivity contribution in [3.63, 3.8) is 0 Å². The molecule has 0 unspecified atom stereocenters. The molecule has 5 rings (SSSR count). The van der Waals surface area contributed by atoms with Gasteiger partial charge in [0.15, 0.2) is 11.9 Å². The first-order valence-electron chi connectivity index (χ1n) is 12.3. The molecular weight excluding hydrogens is 589 g/mol. The van der Waals surface area contributed by atoms with Crippen molar-refractivity contribution in [1.29, 1.82) is 0 Å². The van der Waals surface area contributed by atoms with Crippen molar-refractivity contribution in [2.24, 2.45) is 0 Å². The molecule has 216 valence electrons. The molecule has 3 aliphatic heterocycles. The number of nitrogens with zero attached hydrogens (tertiary/aromatic N) is 2. The van der Waals surface area contributed by atoms with Crippen LogP contribution in [0.2, 0.25) is 10.0 Å². The van der Waals surface area contributed by atoms with Gasteiger partial charge in [-0.1, -0.05) is 23.2 Å². The van der Waals surface area contributed by atoms with Crippen LogP contribution in [-0.4, -0.2) is 42.4 Å². The molecular formula is C26H22Cl2F6N2O4. The monoisotopic (exact) mass is 610 g/mol. The highest BCUT2D eigenvalue weighted by atomic mass is 35.5. The van der Waals surface area contributed by atoms with E-state index in [0.717, 1.165) is 0 Å². The number of halogens is 8. The van der Waals surface area contributed by atoms with E-state index < -0.39 is 65.0 Å². The van der Waals surface area contributed by atoms with Gasteiger partial charge in [-0.15, -0.1) is 0 Å². The first-order valence-corrected chi connectivity index (χ1v) is 13.0. The van der Waals surface area contributed by atoms with Crippen molar-refractivity contribution in [1.82, 2.24) is 0 Å². The van der Waals surface area contributed by atoms with E-state index in [9.17, 15) is 35.9 Å². The first kappa shape index (κ1) is 29.0. The Morgan fingerprint density at radius 2 is 1.60 bits per heavy atom. The maximum atomic E-state index is 14.2. The third kappa shape index (κ3) is 5.03. The zero-order valence-corrected chi connectivity index (χ0v) is 22.5. The molecule has 14 heteroatoms. The normalized spacial score (nSPS) is 24.6. The van der Waals surface area contributed by atoms with Gasteiger partial charge < -0.3 is 14.4 Å². The summed E-state index contributed by atoms with van der Waals surface area (Å²) in [5.41, 5.74) is -3.07. The number of carbonyl (C=O) groups is 2. The molecule has 0 bridgehead atoms. The van der Waals surface area contributed by atoms with Crippen molar-refractivity contribution in [3.8, 4) is 0 Å². The summed E-state index contributed by atoms with van der Waals surface area (Å²) in [6.45, 7) is 3.12. The standard InChI is InChI=1S/C26H22Cl2F6N2O4/c1-24(2)39-20-19(22(37)35-8-4-3-5-15-17(35)7-6-16(27)18(15)28)36(23(38)21(20)40-24)14-10-12(25(29,30)31)9-13(11-14)26(32,33)34/h6-7,9-11,19-21H,3-5,8H2,1-2H3/t19-,20-,21-/m0/s1. The lowest BCUT2D eigenvalue weighted by molar-refractivity contribution is -0.161. The zero-order chi connectivity index (χ0) is 29.4. The fourth-order valence-corrected chi connectivity index (χ4v) is 5.83. The lowest BCUT2D eigenvalue weighted by Gasteiger charge is -2.34. The quantitative estimate of drug-likeness (QED) is 0.358.